The van der Waals surface area contributed by atoms with Crippen molar-refractivity contribution in [3.05, 3.63) is 71.0 Å². The molecule has 1 amide bonds. The van der Waals surface area contributed by atoms with E-state index < -0.39 is 6.10 Å². The van der Waals surface area contributed by atoms with Crippen molar-refractivity contribution < 1.29 is 14.3 Å². The van der Waals surface area contributed by atoms with E-state index in [1.807, 2.05) is 24.3 Å². The fourth-order valence-electron chi connectivity index (χ4n) is 3.23. The molecule has 0 bridgehead atoms. The van der Waals surface area contributed by atoms with Crippen LogP contribution in [0.3, 0.4) is 0 Å². The maximum absolute atomic E-state index is 12.9. The number of piperidine rings is 1. The Morgan fingerprint density at radius 1 is 1.04 bits per heavy atom. The number of likely N-dealkylation sites (tertiary alicyclic amines) is 1. The van der Waals surface area contributed by atoms with Gasteiger partial charge < -0.3 is 10.4 Å². The number of carbonyl (C=O) groups is 1. The van der Waals surface area contributed by atoms with Gasteiger partial charge in [-0.1, -0.05) is 30.7 Å². The van der Waals surface area contributed by atoms with Gasteiger partial charge in [0, 0.05) is 18.7 Å². The third kappa shape index (κ3) is 5.13. The predicted octanol–water partition coefficient (Wildman–Crippen LogP) is 3.28. The highest BCUT2D eigenvalue weighted by Crippen LogP contribution is 2.15. The Morgan fingerprint density at radius 2 is 1.69 bits per heavy atom. The highest BCUT2D eigenvalue weighted by molar-refractivity contribution is 5.94. The second-order valence-electron chi connectivity index (χ2n) is 6.81. The fraction of sp³-hybridized carbons (Fsp3) is 0.381. The SMILES string of the molecule is O=C(NC[C@H](O)c1ccc(F)cc1)c1ccc(CN2CCCCC2)cc1. The van der Waals surface area contributed by atoms with Gasteiger partial charge in [0.15, 0.2) is 0 Å². The second-order valence-corrected chi connectivity index (χ2v) is 6.81. The van der Waals surface area contributed by atoms with E-state index >= 15 is 0 Å². The Bertz CT molecular complexity index is 710. The first-order valence-corrected chi connectivity index (χ1v) is 9.15. The molecule has 1 atom stereocenters. The van der Waals surface area contributed by atoms with Crippen LogP contribution in [-0.4, -0.2) is 35.5 Å². The quantitative estimate of drug-likeness (QED) is 0.835. The van der Waals surface area contributed by atoms with Crippen LogP contribution in [0.1, 0.15) is 46.9 Å². The molecule has 0 unspecified atom stereocenters. The topological polar surface area (TPSA) is 52.6 Å². The van der Waals surface area contributed by atoms with Crippen LogP contribution in [0.25, 0.3) is 0 Å². The summed E-state index contributed by atoms with van der Waals surface area (Å²) in [6.07, 6.45) is 2.98. The van der Waals surface area contributed by atoms with E-state index in [1.165, 1.54) is 49.1 Å². The zero-order valence-corrected chi connectivity index (χ0v) is 14.8. The summed E-state index contributed by atoms with van der Waals surface area (Å²) in [6, 6.07) is 13.2. The van der Waals surface area contributed by atoms with Gasteiger partial charge in [0.2, 0.25) is 0 Å². The Morgan fingerprint density at radius 3 is 2.35 bits per heavy atom. The molecule has 2 aromatic carbocycles. The molecule has 1 fully saturated rings. The minimum Gasteiger partial charge on any atom is -0.387 e. The van der Waals surface area contributed by atoms with Crippen molar-refractivity contribution in [3.8, 4) is 0 Å². The van der Waals surface area contributed by atoms with Gasteiger partial charge in [0.1, 0.15) is 5.82 Å². The number of rotatable bonds is 6. The number of aliphatic hydroxyl groups is 1. The van der Waals surface area contributed by atoms with Gasteiger partial charge in [-0.2, -0.15) is 0 Å². The molecule has 1 aliphatic rings. The molecule has 0 spiro atoms. The Balaban J connectivity index is 1.50. The summed E-state index contributed by atoms with van der Waals surface area (Å²) < 4.78 is 12.9. The molecule has 0 aromatic heterocycles. The average molecular weight is 356 g/mol. The number of nitrogens with one attached hydrogen (secondary N) is 1. The maximum Gasteiger partial charge on any atom is 0.251 e. The van der Waals surface area contributed by atoms with Gasteiger partial charge in [-0.3, -0.25) is 9.69 Å². The molecule has 26 heavy (non-hydrogen) atoms. The van der Waals surface area contributed by atoms with Crippen LogP contribution >= 0.6 is 0 Å². The highest BCUT2D eigenvalue weighted by atomic mass is 19.1. The van der Waals surface area contributed by atoms with Crippen LogP contribution in [0.4, 0.5) is 4.39 Å². The van der Waals surface area contributed by atoms with Crippen LogP contribution in [0, 0.1) is 5.82 Å². The first-order chi connectivity index (χ1) is 12.6. The summed E-state index contributed by atoms with van der Waals surface area (Å²) in [6.45, 7) is 3.29. The number of hydrogen-bond donors (Lipinski definition) is 2. The molecule has 5 heteroatoms. The van der Waals surface area contributed by atoms with Crippen molar-refractivity contribution >= 4 is 5.91 Å². The van der Waals surface area contributed by atoms with Gasteiger partial charge in [0.05, 0.1) is 6.10 Å². The fourth-order valence-corrected chi connectivity index (χ4v) is 3.23. The van der Waals surface area contributed by atoms with Crippen LogP contribution in [0.5, 0.6) is 0 Å². The lowest BCUT2D eigenvalue weighted by Gasteiger charge is -2.26. The van der Waals surface area contributed by atoms with Crippen LogP contribution in [0.15, 0.2) is 48.5 Å². The summed E-state index contributed by atoms with van der Waals surface area (Å²) in [5.74, 6) is -0.578. The molecule has 0 aliphatic carbocycles. The molecule has 4 nitrogen and oxygen atoms in total. The number of nitrogens with zero attached hydrogens (tertiary/aromatic N) is 1. The van der Waals surface area contributed by atoms with Gasteiger partial charge in [-0.25, -0.2) is 4.39 Å². The molecule has 2 aromatic rings. The number of carbonyl (C=O) groups excluding carboxylic acids is 1. The average Bonchev–Trinajstić information content (AvgIpc) is 2.68. The largest absolute Gasteiger partial charge is 0.387 e. The lowest BCUT2D eigenvalue weighted by atomic mass is 10.1. The van der Waals surface area contributed by atoms with Crippen molar-refractivity contribution in [2.24, 2.45) is 0 Å². The molecular weight excluding hydrogens is 331 g/mol. The summed E-state index contributed by atoms with van der Waals surface area (Å²) in [7, 11) is 0. The molecule has 1 aliphatic heterocycles. The number of hydrogen-bond acceptors (Lipinski definition) is 3. The molecule has 1 saturated heterocycles. The smallest absolute Gasteiger partial charge is 0.251 e. The predicted molar refractivity (Wildman–Crippen MR) is 99.3 cm³/mol. The Hall–Kier alpha value is -2.24. The highest BCUT2D eigenvalue weighted by Gasteiger charge is 2.13. The maximum atomic E-state index is 12.9. The van der Waals surface area contributed by atoms with E-state index in [1.54, 1.807) is 0 Å². The van der Waals surface area contributed by atoms with Crippen molar-refractivity contribution in [2.75, 3.05) is 19.6 Å². The standard InChI is InChI=1S/C21H25FN2O2/c22-19-10-8-17(9-11-19)20(25)14-23-21(26)18-6-4-16(5-7-18)15-24-12-2-1-3-13-24/h4-11,20,25H,1-3,12-15H2,(H,23,26)/t20-/m0/s1. The first kappa shape index (κ1) is 18.5. The summed E-state index contributed by atoms with van der Waals surface area (Å²) >= 11 is 0. The van der Waals surface area contributed by atoms with Crippen molar-refractivity contribution in [1.29, 1.82) is 0 Å². The van der Waals surface area contributed by atoms with Gasteiger partial charge in [-0.15, -0.1) is 0 Å². The van der Waals surface area contributed by atoms with E-state index in [-0.39, 0.29) is 18.3 Å². The molecule has 138 valence electrons. The van der Waals surface area contributed by atoms with E-state index in [9.17, 15) is 14.3 Å². The monoisotopic (exact) mass is 356 g/mol. The molecule has 0 radical (unpaired) electrons. The van der Waals surface area contributed by atoms with Crippen LogP contribution in [-0.2, 0) is 6.54 Å². The second kappa shape index (κ2) is 8.92. The Labute approximate surface area is 153 Å². The number of halogens is 1. The van der Waals surface area contributed by atoms with Crippen molar-refractivity contribution in [3.63, 3.8) is 0 Å². The molecule has 1 heterocycles. The van der Waals surface area contributed by atoms with E-state index in [0.29, 0.717) is 11.1 Å². The number of aliphatic hydroxyl groups excluding tert-OH is 1. The van der Waals surface area contributed by atoms with Gasteiger partial charge in [0.25, 0.3) is 5.91 Å². The summed E-state index contributed by atoms with van der Waals surface area (Å²) in [4.78, 5) is 14.7. The number of benzene rings is 2. The van der Waals surface area contributed by atoms with Gasteiger partial charge in [-0.05, 0) is 61.3 Å². The van der Waals surface area contributed by atoms with Crippen LogP contribution in [0.2, 0.25) is 0 Å². The third-order valence-electron chi connectivity index (χ3n) is 4.78. The third-order valence-corrected chi connectivity index (χ3v) is 4.78. The lowest BCUT2D eigenvalue weighted by molar-refractivity contribution is 0.0916. The van der Waals surface area contributed by atoms with E-state index in [0.717, 1.165) is 19.6 Å². The minimum absolute atomic E-state index is 0.0833. The zero-order chi connectivity index (χ0) is 18.4. The Kier molecular flexibility index (Phi) is 6.36. The van der Waals surface area contributed by atoms with Crippen LogP contribution < -0.4 is 5.32 Å². The summed E-state index contributed by atoms with van der Waals surface area (Å²) in [5.41, 5.74) is 2.34. The van der Waals surface area contributed by atoms with E-state index in [2.05, 4.69) is 10.2 Å². The molecular formula is C21H25FN2O2. The first-order valence-electron chi connectivity index (χ1n) is 9.15. The van der Waals surface area contributed by atoms with E-state index in [4.69, 9.17) is 0 Å². The lowest BCUT2D eigenvalue weighted by Crippen LogP contribution is -2.29. The zero-order valence-electron chi connectivity index (χ0n) is 14.8. The molecule has 0 saturated carbocycles. The summed E-state index contributed by atoms with van der Waals surface area (Å²) in [5, 5.41) is 12.8. The molecule has 2 N–H and O–H groups in total. The normalized spacial score (nSPS) is 16.2. The number of amides is 1. The molecule has 3 rings (SSSR count). The van der Waals surface area contributed by atoms with Crippen molar-refractivity contribution in [2.45, 2.75) is 31.9 Å². The van der Waals surface area contributed by atoms with Crippen molar-refractivity contribution in [1.82, 2.24) is 10.2 Å². The minimum atomic E-state index is -0.863. The van der Waals surface area contributed by atoms with Gasteiger partial charge >= 0.3 is 0 Å².